The molecule has 2 aromatic heterocycles. The number of piperazine rings is 1. The first-order chi connectivity index (χ1) is 13.2. The summed E-state index contributed by atoms with van der Waals surface area (Å²) in [7, 11) is 0. The molecule has 3 heterocycles. The Morgan fingerprint density at radius 3 is 2.48 bits per heavy atom. The van der Waals surface area contributed by atoms with E-state index in [1.807, 2.05) is 52.2 Å². The number of thiophene rings is 1. The van der Waals surface area contributed by atoms with Crippen LogP contribution in [0.25, 0.3) is 5.69 Å². The molecule has 0 N–H and O–H groups in total. The van der Waals surface area contributed by atoms with Gasteiger partial charge in [-0.15, -0.1) is 11.3 Å². The maximum Gasteiger partial charge on any atom is 0.227 e. The molecule has 0 aliphatic carbocycles. The summed E-state index contributed by atoms with van der Waals surface area (Å²) in [6, 6.07) is 13.9. The van der Waals surface area contributed by atoms with Gasteiger partial charge in [0, 0.05) is 50.0 Å². The molecule has 0 radical (unpaired) electrons. The van der Waals surface area contributed by atoms with Crippen molar-refractivity contribution in [3.8, 4) is 5.69 Å². The predicted molar refractivity (Wildman–Crippen MR) is 108 cm³/mol. The molecule has 140 valence electrons. The molecule has 1 fully saturated rings. The van der Waals surface area contributed by atoms with E-state index in [1.165, 1.54) is 4.88 Å². The van der Waals surface area contributed by atoms with Crippen LogP contribution in [0.5, 0.6) is 0 Å². The summed E-state index contributed by atoms with van der Waals surface area (Å²) in [5, 5.41) is 4.22. The predicted octanol–water partition coefficient (Wildman–Crippen LogP) is 3.47. The van der Waals surface area contributed by atoms with Gasteiger partial charge in [-0.1, -0.05) is 23.7 Å². The van der Waals surface area contributed by atoms with Gasteiger partial charge in [0.05, 0.1) is 16.4 Å². The molecular formula is C20H21ClN4OS. The number of carbonyl (C=O) groups excluding carboxylic acids is 1. The van der Waals surface area contributed by atoms with Crippen LogP contribution in [0, 0.1) is 0 Å². The van der Waals surface area contributed by atoms with Crippen LogP contribution in [0.2, 0.25) is 4.34 Å². The van der Waals surface area contributed by atoms with E-state index in [0.29, 0.717) is 6.42 Å². The minimum Gasteiger partial charge on any atom is -0.340 e. The van der Waals surface area contributed by atoms with Gasteiger partial charge in [-0.05, 0) is 35.9 Å². The number of nitrogens with zero attached hydrogens (tertiary/aromatic N) is 4. The lowest BCUT2D eigenvalue weighted by molar-refractivity contribution is -0.132. The van der Waals surface area contributed by atoms with Crippen molar-refractivity contribution in [3.63, 3.8) is 0 Å². The number of hydrogen-bond donors (Lipinski definition) is 0. The second kappa shape index (κ2) is 8.25. The fourth-order valence-electron chi connectivity index (χ4n) is 3.29. The van der Waals surface area contributed by atoms with Gasteiger partial charge in [-0.2, -0.15) is 5.10 Å². The van der Waals surface area contributed by atoms with Gasteiger partial charge in [-0.25, -0.2) is 4.68 Å². The monoisotopic (exact) mass is 400 g/mol. The minimum atomic E-state index is 0.195. The van der Waals surface area contributed by atoms with Crippen molar-refractivity contribution < 1.29 is 4.79 Å². The van der Waals surface area contributed by atoms with Gasteiger partial charge in [0.15, 0.2) is 0 Å². The van der Waals surface area contributed by atoms with E-state index in [-0.39, 0.29) is 5.91 Å². The molecular weight excluding hydrogens is 380 g/mol. The molecule has 0 unspecified atom stereocenters. The van der Waals surface area contributed by atoms with Crippen LogP contribution in [0.1, 0.15) is 10.4 Å². The summed E-state index contributed by atoms with van der Waals surface area (Å²) in [6.07, 6.45) is 4.10. The van der Waals surface area contributed by atoms with Gasteiger partial charge in [0.2, 0.25) is 5.91 Å². The third-order valence-corrected chi connectivity index (χ3v) is 6.01. The summed E-state index contributed by atoms with van der Waals surface area (Å²) >= 11 is 7.63. The topological polar surface area (TPSA) is 41.4 Å². The quantitative estimate of drug-likeness (QED) is 0.658. The Morgan fingerprint density at radius 1 is 1.07 bits per heavy atom. The molecule has 1 aliphatic heterocycles. The number of aromatic nitrogens is 2. The van der Waals surface area contributed by atoms with Gasteiger partial charge < -0.3 is 4.90 Å². The van der Waals surface area contributed by atoms with Crippen molar-refractivity contribution in [1.29, 1.82) is 0 Å². The van der Waals surface area contributed by atoms with Crippen molar-refractivity contribution in [1.82, 2.24) is 19.6 Å². The summed E-state index contributed by atoms with van der Waals surface area (Å²) in [5.74, 6) is 0.195. The molecule has 3 aromatic rings. The van der Waals surface area contributed by atoms with Crippen LogP contribution in [0.15, 0.2) is 54.9 Å². The lowest BCUT2D eigenvalue weighted by Crippen LogP contribution is -2.48. The molecule has 0 bridgehead atoms. The van der Waals surface area contributed by atoms with Crippen LogP contribution >= 0.6 is 22.9 Å². The van der Waals surface area contributed by atoms with Crippen molar-refractivity contribution in [2.75, 3.05) is 26.2 Å². The Hall–Kier alpha value is -2.15. The lowest BCUT2D eigenvalue weighted by Gasteiger charge is -2.34. The van der Waals surface area contributed by atoms with Crippen LogP contribution in [0.4, 0.5) is 0 Å². The highest BCUT2D eigenvalue weighted by Gasteiger charge is 2.21. The van der Waals surface area contributed by atoms with E-state index in [0.717, 1.165) is 48.3 Å². The first kappa shape index (κ1) is 18.2. The molecule has 0 saturated carbocycles. The smallest absolute Gasteiger partial charge is 0.227 e. The third-order valence-electron chi connectivity index (χ3n) is 4.79. The van der Waals surface area contributed by atoms with Crippen molar-refractivity contribution in [2.45, 2.75) is 13.0 Å². The number of hydrogen-bond acceptors (Lipinski definition) is 4. The normalized spacial score (nSPS) is 15.2. The summed E-state index contributed by atoms with van der Waals surface area (Å²) in [5.41, 5.74) is 2.03. The number of benzene rings is 1. The fraction of sp³-hybridized carbons (Fsp3) is 0.300. The van der Waals surface area contributed by atoms with E-state index < -0.39 is 0 Å². The third kappa shape index (κ3) is 4.58. The van der Waals surface area contributed by atoms with Crippen molar-refractivity contribution in [3.05, 3.63) is 69.6 Å². The minimum absolute atomic E-state index is 0.195. The SMILES string of the molecule is O=C(Cc1ccc(-n2cccn2)cc1)N1CCN(Cc2ccc(Cl)s2)CC1. The van der Waals surface area contributed by atoms with Crippen LogP contribution in [-0.4, -0.2) is 51.7 Å². The maximum absolute atomic E-state index is 12.6. The number of rotatable bonds is 5. The standard InChI is InChI=1S/C20H21ClN4OS/c21-19-7-6-18(27-19)15-23-10-12-24(13-11-23)20(26)14-16-2-4-17(5-3-16)25-9-1-8-22-25/h1-9H,10-15H2. The molecule has 4 rings (SSSR count). The maximum atomic E-state index is 12.6. The highest BCUT2D eigenvalue weighted by atomic mass is 35.5. The zero-order valence-corrected chi connectivity index (χ0v) is 16.5. The van der Waals surface area contributed by atoms with Crippen LogP contribution in [0.3, 0.4) is 0 Å². The van der Waals surface area contributed by atoms with Crippen molar-refractivity contribution >= 4 is 28.8 Å². The van der Waals surface area contributed by atoms with Crippen LogP contribution < -0.4 is 0 Å². The van der Waals surface area contributed by atoms with E-state index >= 15 is 0 Å². The van der Waals surface area contributed by atoms with Gasteiger partial charge >= 0.3 is 0 Å². The molecule has 1 aliphatic rings. The van der Waals surface area contributed by atoms with E-state index in [9.17, 15) is 4.79 Å². The number of halogens is 1. The molecule has 1 amide bonds. The fourth-order valence-corrected chi connectivity index (χ4v) is 4.42. The van der Waals surface area contributed by atoms with E-state index in [1.54, 1.807) is 17.5 Å². The Balaban J connectivity index is 1.28. The average Bonchev–Trinajstić information content (AvgIpc) is 3.35. The van der Waals surface area contributed by atoms with Gasteiger partial charge in [0.25, 0.3) is 0 Å². The first-order valence-corrected chi connectivity index (χ1v) is 10.2. The number of amides is 1. The molecule has 0 spiro atoms. The Kier molecular flexibility index (Phi) is 5.57. The molecule has 1 aromatic carbocycles. The van der Waals surface area contributed by atoms with E-state index in [4.69, 9.17) is 11.6 Å². The lowest BCUT2D eigenvalue weighted by atomic mass is 10.1. The number of carbonyl (C=O) groups is 1. The molecule has 7 heteroatoms. The molecule has 0 atom stereocenters. The van der Waals surface area contributed by atoms with Gasteiger partial charge in [0.1, 0.15) is 0 Å². The summed E-state index contributed by atoms with van der Waals surface area (Å²) < 4.78 is 2.64. The summed E-state index contributed by atoms with van der Waals surface area (Å²) in [6.45, 7) is 4.28. The second-order valence-electron chi connectivity index (χ2n) is 6.66. The molecule has 27 heavy (non-hydrogen) atoms. The largest absolute Gasteiger partial charge is 0.340 e. The van der Waals surface area contributed by atoms with E-state index in [2.05, 4.69) is 16.1 Å². The highest BCUT2D eigenvalue weighted by molar-refractivity contribution is 7.16. The zero-order valence-electron chi connectivity index (χ0n) is 14.9. The Bertz CT molecular complexity index is 883. The Labute approximate surface area is 167 Å². The van der Waals surface area contributed by atoms with Crippen molar-refractivity contribution in [2.24, 2.45) is 0 Å². The summed E-state index contributed by atoms with van der Waals surface area (Å²) in [4.78, 5) is 18.3. The Morgan fingerprint density at radius 2 is 1.85 bits per heavy atom. The molecule has 1 saturated heterocycles. The van der Waals surface area contributed by atoms with Crippen LogP contribution in [-0.2, 0) is 17.8 Å². The zero-order chi connectivity index (χ0) is 18.6. The van der Waals surface area contributed by atoms with Gasteiger partial charge in [-0.3, -0.25) is 9.69 Å². The average molecular weight is 401 g/mol. The highest BCUT2D eigenvalue weighted by Crippen LogP contribution is 2.23. The first-order valence-electron chi connectivity index (χ1n) is 9.01. The molecule has 5 nitrogen and oxygen atoms in total. The second-order valence-corrected chi connectivity index (χ2v) is 8.46.